The number of halogens is 1. The summed E-state index contributed by atoms with van der Waals surface area (Å²) in [6.45, 7) is 0. The molecule has 0 fully saturated rings. The summed E-state index contributed by atoms with van der Waals surface area (Å²) >= 11 is 4.91. The lowest BCUT2D eigenvalue weighted by atomic mass is 10.3. The monoisotopic (exact) mass is 284 g/mol. The summed E-state index contributed by atoms with van der Waals surface area (Å²) in [6.07, 6.45) is 1.92. The molecule has 0 amide bonds. The first-order chi connectivity index (χ1) is 7.22. The molecule has 0 atom stereocenters. The molecule has 0 saturated carbocycles. The molecule has 0 bridgehead atoms. The lowest BCUT2D eigenvalue weighted by Gasteiger charge is -2.03. The molecule has 2 rings (SSSR count). The molecule has 0 aliphatic rings. The van der Waals surface area contributed by atoms with Gasteiger partial charge in [-0.05, 0) is 34.3 Å². The van der Waals surface area contributed by atoms with E-state index in [0.29, 0.717) is 11.1 Å². The number of hydrogen-bond donors (Lipinski definition) is 1. The molecular weight excluding hydrogens is 276 g/mol. The fourth-order valence-electron chi connectivity index (χ4n) is 1.19. The van der Waals surface area contributed by atoms with Crippen LogP contribution in [0.1, 0.15) is 0 Å². The van der Waals surface area contributed by atoms with Gasteiger partial charge in [0.1, 0.15) is 0 Å². The van der Waals surface area contributed by atoms with Gasteiger partial charge in [-0.1, -0.05) is 23.9 Å². The van der Waals surface area contributed by atoms with Gasteiger partial charge in [0.2, 0.25) is 11.1 Å². The summed E-state index contributed by atoms with van der Waals surface area (Å²) in [6, 6.07) is 7.74. The Morgan fingerprint density at radius 2 is 2.13 bits per heavy atom. The summed E-state index contributed by atoms with van der Waals surface area (Å²) in [5.74, 6) is 0.395. The Bertz CT molecular complexity index is 483. The fraction of sp³-hybridized carbons (Fsp3) is 0.111. The Hall–Kier alpha value is -1.01. The first kappa shape index (κ1) is 10.5. The van der Waals surface area contributed by atoms with Crippen molar-refractivity contribution < 1.29 is 0 Å². The first-order valence-electron chi connectivity index (χ1n) is 4.24. The quantitative estimate of drug-likeness (QED) is 0.860. The third-order valence-corrected chi connectivity index (χ3v) is 3.08. The Morgan fingerprint density at radius 3 is 2.73 bits per heavy atom. The fourth-order valence-corrected chi connectivity index (χ4v) is 1.99. The molecule has 2 aromatic rings. The molecule has 0 aliphatic heterocycles. The van der Waals surface area contributed by atoms with Gasteiger partial charge in [-0.25, -0.2) is 0 Å². The van der Waals surface area contributed by atoms with Crippen molar-refractivity contribution in [2.75, 3.05) is 12.0 Å². The van der Waals surface area contributed by atoms with E-state index in [0.717, 1.165) is 10.2 Å². The van der Waals surface area contributed by atoms with Gasteiger partial charge >= 0.3 is 0 Å². The maximum absolute atomic E-state index is 5.77. The van der Waals surface area contributed by atoms with Gasteiger partial charge in [-0.15, -0.1) is 5.10 Å². The maximum Gasteiger partial charge on any atom is 0.224 e. The zero-order chi connectivity index (χ0) is 10.8. The standard InChI is InChI=1S/C9H9BrN4S/c1-15-9-12-8(11)14(13-9)7-5-3-2-4-6(7)10/h2-5H,1H3,(H2,11,12,13). The van der Waals surface area contributed by atoms with E-state index < -0.39 is 0 Å². The molecule has 6 heteroatoms. The smallest absolute Gasteiger partial charge is 0.224 e. The molecule has 0 saturated heterocycles. The predicted molar refractivity (Wildman–Crippen MR) is 65.3 cm³/mol. The molecular formula is C9H9BrN4S. The van der Waals surface area contributed by atoms with E-state index in [2.05, 4.69) is 26.0 Å². The number of benzene rings is 1. The van der Waals surface area contributed by atoms with Gasteiger partial charge in [0.25, 0.3) is 0 Å². The van der Waals surface area contributed by atoms with Crippen LogP contribution in [-0.4, -0.2) is 21.0 Å². The molecule has 0 aliphatic carbocycles. The van der Waals surface area contributed by atoms with Crippen LogP contribution in [0.25, 0.3) is 5.69 Å². The zero-order valence-electron chi connectivity index (χ0n) is 8.01. The SMILES string of the molecule is CSc1nc(N)n(-c2ccccc2Br)n1. The highest BCUT2D eigenvalue weighted by Crippen LogP contribution is 2.23. The van der Waals surface area contributed by atoms with Crippen molar-refractivity contribution in [1.29, 1.82) is 0 Å². The highest BCUT2D eigenvalue weighted by Gasteiger charge is 2.09. The molecule has 1 aromatic heterocycles. The molecule has 0 spiro atoms. The van der Waals surface area contributed by atoms with E-state index in [1.54, 1.807) is 4.68 Å². The summed E-state index contributed by atoms with van der Waals surface area (Å²) in [5, 5.41) is 4.94. The normalized spacial score (nSPS) is 10.5. The van der Waals surface area contributed by atoms with Gasteiger partial charge < -0.3 is 5.73 Å². The largest absolute Gasteiger partial charge is 0.368 e. The van der Waals surface area contributed by atoms with Crippen molar-refractivity contribution in [3.63, 3.8) is 0 Å². The molecule has 78 valence electrons. The summed E-state index contributed by atoms with van der Waals surface area (Å²) < 4.78 is 2.56. The van der Waals surface area contributed by atoms with Crippen LogP contribution in [0, 0.1) is 0 Å². The third kappa shape index (κ3) is 2.00. The third-order valence-electron chi connectivity index (χ3n) is 1.88. The number of rotatable bonds is 2. The first-order valence-corrected chi connectivity index (χ1v) is 6.25. The van der Waals surface area contributed by atoms with Gasteiger partial charge in [-0.2, -0.15) is 9.67 Å². The summed E-state index contributed by atoms with van der Waals surface area (Å²) in [5.41, 5.74) is 6.66. The predicted octanol–water partition coefficient (Wildman–Crippen LogP) is 2.33. The molecule has 2 N–H and O–H groups in total. The Labute approximate surface area is 100 Å². The van der Waals surface area contributed by atoms with E-state index in [4.69, 9.17) is 5.73 Å². The second-order valence-electron chi connectivity index (χ2n) is 2.82. The van der Waals surface area contributed by atoms with Crippen molar-refractivity contribution in [3.8, 4) is 5.69 Å². The van der Waals surface area contributed by atoms with Crippen LogP contribution in [-0.2, 0) is 0 Å². The van der Waals surface area contributed by atoms with Crippen LogP contribution in [0.15, 0.2) is 33.9 Å². The highest BCUT2D eigenvalue weighted by molar-refractivity contribution is 9.10. The average Bonchev–Trinajstić information content (AvgIpc) is 2.60. The van der Waals surface area contributed by atoms with Crippen LogP contribution < -0.4 is 5.73 Å². The lowest BCUT2D eigenvalue weighted by Crippen LogP contribution is -2.02. The number of para-hydroxylation sites is 1. The topological polar surface area (TPSA) is 56.7 Å². The van der Waals surface area contributed by atoms with Crippen LogP contribution >= 0.6 is 27.7 Å². The zero-order valence-corrected chi connectivity index (χ0v) is 10.4. The Morgan fingerprint density at radius 1 is 1.40 bits per heavy atom. The number of hydrogen-bond acceptors (Lipinski definition) is 4. The number of nitrogens with two attached hydrogens (primary N) is 1. The van der Waals surface area contributed by atoms with Crippen molar-refractivity contribution >= 4 is 33.6 Å². The summed E-state index contributed by atoms with van der Waals surface area (Å²) in [7, 11) is 0. The number of thioether (sulfide) groups is 1. The minimum Gasteiger partial charge on any atom is -0.368 e. The minimum atomic E-state index is 0.395. The van der Waals surface area contributed by atoms with Gasteiger partial charge in [0.05, 0.1) is 5.69 Å². The van der Waals surface area contributed by atoms with Gasteiger partial charge in [-0.3, -0.25) is 0 Å². The highest BCUT2D eigenvalue weighted by atomic mass is 79.9. The second-order valence-corrected chi connectivity index (χ2v) is 4.45. The van der Waals surface area contributed by atoms with Crippen LogP contribution in [0.3, 0.4) is 0 Å². The molecule has 0 radical (unpaired) electrons. The molecule has 4 nitrogen and oxygen atoms in total. The molecule has 1 heterocycles. The second kappa shape index (κ2) is 4.24. The van der Waals surface area contributed by atoms with E-state index in [1.165, 1.54) is 11.8 Å². The lowest BCUT2D eigenvalue weighted by molar-refractivity contribution is 0.838. The van der Waals surface area contributed by atoms with E-state index in [9.17, 15) is 0 Å². The maximum atomic E-state index is 5.77. The van der Waals surface area contributed by atoms with E-state index in [1.807, 2.05) is 30.5 Å². The van der Waals surface area contributed by atoms with Gasteiger partial charge in [0, 0.05) is 4.47 Å². The van der Waals surface area contributed by atoms with Crippen molar-refractivity contribution in [2.24, 2.45) is 0 Å². The minimum absolute atomic E-state index is 0.395. The molecule has 15 heavy (non-hydrogen) atoms. The molecule has 0 unspecified atom stereocenters. The summed E-state index contributed by atoms with van der Waals surface area (Å²) in [4.78, 5) is 4.12. The number of anilines is 1. The Kier molecular flexibility index (Phi) is 2.97. The Balaban J connectivity index is 2.54. The van der Waals surface area contributed by atoms with Crippen molar-refractivity contribution in [2.45, 2.75) is 5.16 Å². The number of aromatic nitrogens is 3. The van der Waals surface area contributed by atoms with Crippen LogP contribution in [0.4, 0.5) is 5.95 Å². The van der Waals surface area contributed by atoms with Crippen LogP contribution in [0.5, 0.6) is 0 Å². The average molecular weight is 285 g/mol. The number of nitrogen functional groups attached to an aromatic ring is 1. The van der Waals surface area contributed by atoms with Crippen molar-refractivity contribution in [3.05, 3.63) is 28.7 Å². The number of nitrogens with zero attached hydrogens (tertiary/aromatic N) is 3. The van der Waals surface area contributed by atoms with Gasteiger partial charge in [0.15, 0.2) is 0 Å². The molecule has 1 aromatic carbocycles. The van der Waals surface area contributed by atoms with Crippen LogP contribution in [0.2, 0.25) is 0 Å². The van der Waals surface area contributed by atoms with Crippen molar-refractivity contribution in [1.82, 2.24) is 14.8 Å². The van der Waals surface area contributed by atoms with E-state index in [-0.39, 0.29) is 0 Å². The van der Waals surface area contributed by atoms with E-state index >= 15 is 0 Å².